The second-order valence-electron chi connectivity index (χ2n) is 13.8. The molecule has 0 bridgehead atoms. The van der Waals surface area contributed by atoms with E-state index >= 15 is 0 Å². The van der Waals surface area contributed by atoms with Gasteiger partial charge in [-0.25, -0.2) is 13.8 Å². The van der Waals surface area contributed by atoms with Crippen LogP contribution in [-0.2, 0) is 20.5 Å². The number of rotatable bonds is 8. The topological polar surface area (TPSA) is 102 Å². The molecule has 10 heteroatoms. The molecule has 0 fully saturated rings. The fourth-order valence-electron chi connectivity index (χ4n) is 7.98. The van der Waals surface area contributed by atoms with Crippen LogP contribution >= 0.6 is 0 Å². The summed E-state index contributed by atoms with van der Waals surface area (Å²) in [5, 5.41) is 13.3. The SMILES string of the molecule is CC(=NC[C@@H]1c2ccccc2C(=O)N(CCc2ccccc2)[C@H]1c1ccc2c(c1)c1ccccc1n2C)c1c(O)n(C)c(=O)n(-c2ccccc2F)c1=O. The summed E-state index contributed by atoms with van der Waals surface area (Å²) in [6, 6.07) is 37.3. The predicted octanol–water partition coefficient (Wildman–Crippen LogP) is 7.06. The lowest BCUT2D eigenvalue weighted by atomic mass is 9.79. The van der Waals surface area contributed by atoms with Crippen molar-refractivity contribution in [3.05, 3.63) is 176 Å². The van der Waals surface area contributed by atoms with Crippen LogP contribution in [0.15, 0.2) is 136 Å². The first-order valence-corrected chi connectivity index (χ1v) is 17.9. The fourth-order valence-corrected chi connectivity index (χ4v) is 7.98. The molecule has 0 radical (unpaired) electrons. The summed E-state index contributed by atoms with van der Waals surface area (Å²) in [4.78, 5) is 48.5. The van der Waals surface area contributed by atoms with Gasteiger partial charge in [-0.2, -0.15) is 0 Å². The Labute approximate surface area is 310 Å². The Bertz CT molecular complexity index is 2750. The van der Waals surface area contributed by atoms with Crippen LogP contribution in [0, 0.1) is 5.82 Å². The quantitative estimate of drug-likeness (QED) is 0.170. The molecule has 9 nitrogen and oxygen atoms in total. The minimum Gasteiger partial charge on any atom is -0.494 e. The predicted molar refractivity (Wildman–Crippen MR) is 210 cm³/mol. The Kier molecular flexibility index (Phi) is 8.81. The maximum absolute atomic E-state index is 14.9. The first kappa shape index (κ1) is 34.5. The number of hydrogen-bond donors (Lipinski definition) is 1. The van der Waals surface area contributed by atoms with Crippen LogP contribution in [0.5, 0.6) is 5.88 Å². The van der Waals surface area contributed by atoms with Crippen LogP contribution in [0.1, 0.15) is 51.5 Å². The van der Waals surface area contributed by atoms with Crippen LogP contribution in [0.2, 0.25) is 0 Å². The van der Waals surface area contributed by atoms with Gasteiger partial charge in [0.05, 0.1) is 11.7 Å². The number of aromatic hydroxyl groups is 1. The molecule has 8 rings (SSSR count). The zero-order valence-corrected chi connectivity index (χ0v) is 30.1. The molecule has 0 aliphatic carbocycles. The molecule has 1 N–H and O–H groups in total. The van der Waals surface area contributed by atoms with E-state index in [9.17, 15) is 23.9 Å². The summed E-state index contributed by atoms with van der Waals surface area (Å²) < 4.78 is 18.7. The van der Waals surface area contributed by atoms with Gasteiger partial charge in [-0.15, -0.1) is 0 Å². The zero-order chi connectivity index (χ0) is 37.7. The van der Waals surface area contributed by atoms with E-state index < -0.39 is 29.0 Å². The molecule has 54 heavy (non-hydrogen) atoms. The van der Waals surface area contributed by atoms with Crippen molar-refractivity contribution >= 4 is 33.4 Å². The third kappa shape index (κ3) is 5.71. The smallest absolute Gasteiger partial charge is 0.338 e. The molecule has 3 heterocycles. The van der Waals surface area contributed by atoms with E-state index in [1.807, 2.05) is 66.5 Å². The van der Waals surface area contributed by atoms with E-state index in [4.69, 9.17) is 4.99 Å². The number of para-hydroxylation sites is 2. The summed E-state index contributed by atoms with van der Waals surface area (Å²) in [5.74, 6) is -1.76. The van der Waals surface area contributed by atoms with Crippen molar-refractivity contribution in [3.8, 4) is 11.6 Å². The number of hydrogen-bond acceptors (Lipinski definition) is 5. The summed E-state index contributed by atoms with van der Waals surface area (Å²) in [5.41, 5.74) is 3.58. The largest absolute Gasteiger partial charge is 0.494 e. The normalized spacial score (nSPS) is 16.0. The molecule has 2 atom stereocenters. The fraction of sp³-hybridized carbons (Fsp3) is 0.182. The van der Waals surface area contributed by atoms with Crippen molar-refractivity contribution in [1.82, 2.24) is 18.6 Å². The van der Waals surface area contributed by atoms with E-state index in [1.165, 1.54) is 25.2 Å². The van der Waals surface area contributed by atoms with Crippen molar-refractivity contribution in [3.63, 3.8) is 0 Å². The number of aliphatic imine (C=N–C) groups is 1. The highest BCUT2D eigenvalue weighted by molar-refractivity contribution is 6.08. The van der Waals surface area contributed by atoms with E-state index in [0.29, 0.717) is 23.1 Å². The lowest BCUT2D eigenvalue weighted by Crippen LogP contribution is -2.44. The third-order valence-electron chi connectivity index (χ3n) is 10.7. The number of amides is 1. The summed E-state index contributed by atoms with van der Waals surface area (Å²) in [6.07, 6.45) is 0.637. The van der Waals surface area contributed by atoms with Gasteiger partial charge in [0.2, 0.25) is 5.88 Å². The van der Waals surface area contributed by atoms with Gasteiger partial charge >= 0.3 is 5.69 Å². The summed E-state index contributed by atoms with van der Waals surface area (Å²) in [6.45, 7) is 2.18. The monoisotopic (exact) mass is 719 g/mol. The van der Waals surface area contributed by atoms with Crippen LogP contribution in [0.25, 0.3) is 27.5 Å². The maximum atomic E-state index is 14.9. The van der Waals surface area contributed by atoms with Crippen molar-refractivity contribution in [2.45, 2.75) is 25.3 Å². The van der Waals surface area contributed by atoms with Crippen molar-refractivity contribution in [2.24, 2.45) is 19.1 Å². The highest BCUT2D eigenvalue weighted by atomic mass is 19.1. The molecule has 270 valence electrons. The van der Waals surface area contributed by atoms with Crippen molar-refractivity contribution in [2.75, 3.05) is 13.1 Å². The van der Waals surface area contributed by atoms with Gasteiger partial charge in [0.15, 0.2) is 0 Å². The number of carbonyl (C=O) groups excluding carboxylic acids is 1. The number of nitrogens with zero attached hydrogens (tertiary/aromatic N) is 5. The van der Waals surface area contributed by atoms with Gasteiger partial charge in [-0.3, -0.25) is 19.1 Å². The molecule has 7 aromatic rings. The molecular formula is C44H38FN5O4. The Balaban J connectivity index is 1.28. The molecule has 1 aliphatic rings. The molecule has 0 saturated carbocycles. The Morgan fingerprint density at radius 2 is 1.46 bits per heavy atom. The number of aryl methyl sites for hydroxylation is 1. The molecule has 1 aliphatic heterocycles. The Hall–Kier alpha value is -6.55. The second kappa shape index (κ2) is 13.8. The van der Waals surface area contributed by atoms with Gasteiger partial charge < -0.3 is 14.6 Å². The average molecular weight is 720 g/mol. The standard InChI is InChI=1S/C44H38FN5O4/c1-27(39-42(52)48(3)44(54)50(43(39)53)38-20-12-10-18-35(38)45)46-26-34-30-15-7-8-17-32(30)41(51)49(24-23-28-13-5-4-6-14-28)40(34)29-21-22-37-33(25-29)31-16-9-11-19-36(31)47(37)2/h4-22,25,34,40,52H,23-24,26H2,1-3H3/t34-,40+/m1/s1. The highest BCUT2D eigenvalue weighted by Crippen LogP contribution is 2.44. The van der Waals surface area contributed by atoms with Gasteiger partial charge in [0.25, 0.3) is 11.5 Å². The van der Waals surface area contributed by atoms with Gasteiger partial charge in [-0.1, -0.05) is 84.9 Å². The number of halogens is 1. The number of carbonyl (C=O) groups is 1. The van der Waals surface area contributed by atoms with Crippen LogP contribution in [-0.4, -0.2) is 48.4 Å². The van der Waals surface area contributed by atoms with Gasteiger partial charge in [-0.05, 0) is 66.4 Å². The minimum atomic E-state index is -0.892. The van der Waals surface area contributed by atoms with Gasteiger partial charge in [0, 0.05) is 66.2 Å². The molecule has 5 aromatic carbocycles. The second-order valence-corrected chi connectivity index (χ2v) is 13.8. The molecular weight excluding hydrogens is 682 g/mol. The van der Waals surface area contributed by atoms with Crippen LogP contribution < -0.4 is 11.2 Å². The summed E-state index contributed by atoms with van der Waals surface area (Å²) >= 11 is 0. The third-order valence-corrected chi connectivity index (χ3v) is 10.7. The van der Waals surface area contributed by atoms with Gasteiger partial charge in [0.1, 0.15) is 11.4 Å². The lowest BCUT2D eigenvalue weighted by molar-refractivity contribution is 0.0614. The zero-order valence-electron chi connectivity index (χ0n) is 30.1. The molecule has 1 amide bonds. The van der Waals surface area contributed by atoms with E-state index in [1.54, 1.807) is 6.92 Å². The van der Waals surface area contributed by atoms with E-state index in [-0.39, 0.29) is 35.3 Å². The molecule has 2 aromatic heterocycles. The average Bonchev–Trinajstić information content (AvgIpc) is 3.48. The number of fused-ring (bicyclic) bond motifs is 4. The van der Waals surface area contributed by atoms with Crippen molar-refractivity contribution < 1.29 is 14.3 Å². The number of benzene rings is 5. The number of aromatic nitrogens is 3. The summed E-state index contributed by atoms with van der Waals surface area (Å²) in [7, 11) is 3.37. The Morgan fingerprint density at radius 1 is 0.778 bits per heavy atom. The first-order valence-electron chi connectivity index (χ1n) is 17.9. The Morgan fingerprint density at radius 3 is 2.26 bits per heavy atom. The molecule has 0 unspecified atom stereocenters. The van der Waals surface area contributed by atoms with Crippen molar-refractivity contribution in [1.29, 1.82) is 0 Å². The van der Waals surface area contributed by atoms with E-state index in [2.05, 4.69) is 47.0 Å². The van der Waals surface area contributed by atoms with Crippen LogP contribution in [0.3, 0.4) is 0 Å². The molecule has 0 saturated heterocycles. The van der Waals surface area contributed by atoms with Crippen LogP contribution in [0.4, 0.5) is 4.39 Å². The minimum absolute atomic E-state index is 0.0787. The lowest BCUT2D eigenvalue weighted by Gasteiger charge is -2.42. The van der Waals surface area contributed by atoms with E-state index in [0.717, 1.165) is 49.1 Å². The first-order chi connectivity index (χ1) is 26.2. The highest BCUT2D eigenvalue weighted by Gasteiger charge is 2.40. The molecule has 0 spiro atoms. The maximum Gasteiger partial charge on any atom is 0.338 e.